The number of carbonyl (C=O) groups is 1. The molecule has 2 aliphatic heterocycles. The molecular weight excluding hydrogens is 353 g/mol. The zero-order valence-corrected chi connectivity index (χ0v) is 15.9. The van der Waals surface area contributed by atoms with Gasteiger partial charge in [-0.1, -0.05) is 30.3 Å². The van der Waals surface area contributed by atoms with Gasteiger partial charge in [-0.25, -0.2) is 0 Å². The van der Waals surface area contributed by atoms with Gasteiger partial charge < -0.3 is 15.2 Å². The van der Waals surface area contributed by atoms with Crippen molar-refractivity contribution >= 4 is 17.8 Å². The third-order valence-electron chi connectivity index (χ3n) is 3.53. The normalized spacial score (nSPS) is 16.5. The van der Waals surface area contributed by atoms with Crippen molar-refractivity contribution in [1.29, 1.82) is 0 Å². The van der Waals surface area contributed by atoms with Crippen molar-refractivity contribution in [3.63, 3.8) is 0 Å². The summed E-state index contributed by atoms with van der Waals surface area (Å²) in [6.07, 6.45) is 4.39. The van der Waals surface area contributed by atoms with Crippen molar-refractivity contribution in [1.82, 2.24) is 15.1 Å². The molecule has 1 amide bonds. The second-order valence-corrected chi connectivity index (χ2v) is 5.15. The molecule has 0 bridgehead atoms. The van der Waals surface area contributed by atoms with Gasteiger partial charge >= 0.3 is 0 Å². The van der Waals surface area contributed by atoms with Gasteiger partial charge in [-0.2, -0.15) is 6.21 Å². The summed E-state index contributed by atoms with van der Waals surface area (Å²) in [4.78, 5) is 19.2. The summed E-state index contributed by atoms with van der Waals surface area (Å²) < 4.78 is 0. The Bertz CT molecular complexity index is 507. The Labute approximate surface area is 158 Å². The monoisotopic (exact) mass is 375 g/mol. The molecule has 22 heavy (non-hydrogen) atoms. The van der Waals surface area contributed by atoms with Crippen molar-refractivity contribution in [3.05, 3.63) is 36.9 Å². The van der Waals surface area contributed by atoms with Crippen molar-refractivity contribution in [2.75, 3.05) is 33.4 Å². The van der Waals surface area contributed by atoms with Crippen molar-refractivity contribution in [2.45, 2.75) is 12.8 Å². The fourth-order valence-electron chi connectivity index (χ4n) is 2.25. The van der Waals surface area contributed by atoms with Crippen molar-refractivity contribution in [2.24, 2.45) is 4.99 Å². The Morgan fingerprint density at radius 2 is 2.18 bits per heavy atom. The van der Waals surface area contributed by atoms with E-state index >= 15 is 0 Å². The average Bonchev–Trinajstić information content (AvgIpc) is 3.14. The number of benzene rings is 1. The van der Waals surface area contributed by atoms with Crippen LogP contribution in [0.25, 0.3) is 0 Å². The van der Waals surface area contributed by atoms with Crippen LogP contribution < -0.4 is 5.32 Å². The van der Waals surface area contributed by atoms with Crippen LogP contribution in [0.15, 0.2) is 29.3 Å². The molecule has 2 aliphatic rings. The maximum absolute atomic E-state index is 10.9. The van der Waals surface area contributed by atoms with E-state index in [2.05, 4.69) is 34.5 Å². The van der Waals surface area contributed by atoms with E-state index in [-0.39, 0.29) is 38.6 Å². The molecule has 0 aliphatic carbocycles. The number of carbonyl (C=O) groups excluding carboxylic acids is 1. The Morgan fingerprint density at radius 3 is 2.82 bits per heavy atom. The minimum Gasteiger partial charge on any atom is -0.456 e. The smallest absolute Gasteiger partial charge is 0.221 e. The second-order valence-electron chi connectivity index (χ2n) is 5.15. The maximum atomic E-state index is 10.9. The first-order valence-electron chi connectivity index (χ1n) is 7.19. The van der Waals surface area contributed by atoms with E-state index in [1.54, 1.807) is 7.05 Å². The third-order valence-corrected chi connectivity index (χ3v) is 3.53. The summed E-state index contributed by atoms with van der Waals surface area (Å²) in [6, 6.07) is 8.12. The Morgan fingerprint density at radius 1 is 1.41 bits per heavy atom. The fourth-order valence-corrected chi connectivity index (χ4v) is 2.25. The van der Waals surface area contributed by atoms with E-state index in [0.717, 1.165) is 38.4 Å². The summed E-state index contributed by atoms with van der Waals surface area (Å²) in [5.41, 5.74) is 2.37. The van der Waals surface area contributed by atoms with Gasteiger partial charge in [0.25, 0.3) is 0 Å². The van der Waals surface area contributed by atoms with Crippen LogP contribution in [-0.4, -0.2) is 55.3 Å². The molecular formula is C16H22N4OY-2. The van der Waals surface area contributed by atoms with E-state index in [0.29, 0.717) is 6.42 Å². The number of rotatable bonds is 3. The Kier molecular flexibility index (Phi) is 9.02. The number of aliphatic imine (C=N–C) groups is 1. The summed E-state index contributed by atoms with van der Waals surface area (Å²) >= 11 is 0. The van der Waals surface area contributed by atoms with Crippen LogP contribution in [0.2, 0.25) is 0 Å². The van der Waals surface area contributed by atoms with E-state index in [1.165, 1.54) is 5.56 Å². The number of fused-ring (bicyclic) bond motifs is 1. The van der Waals surface area contributed by atoms with Crippen LogP contribution in [0.3, 0.4) is 0 Å². The number of nitrogens with one attached hydrogen (secondary N) is 1. The molecule has 1 N–H and O–H groups in total. The molecule has 3 rings (SSSR count). The summed E-state index contributed by atoms with van der Waals surface area (Å²) in [6.45, 7) is 3.76. The standard InChI is InChI=1S/C8H16N3O.C8H6N.Y/c1-9-8(12)3-4-11-6-5-10(2)7-11;1-2-4-8-7(3-1)5-6-9-8;/h2-7H2,1H3,(H,9,12);1-4H,5H2;/q2*-1;. The molecule has 0 aromatic heterocycles. The maximum Gasteiger partial charge on any atom is 0.221 e. The van der Waals surface area contributed by atoms with Crippen molar-refractivity contribution < 1.29 is 37.5 Å². The van der Waals surface area contributed by atoms with Gasteiger partial charge in [0.15, 0.2) is 0 Å². The molecule has 0 saturated carbocycles. The van der Waals surface area contributed by atoms with Gasteiger partial charge in [0.1, 0.15) is 0 Å². The Balaban J connectivity index is 0.000000217. The van der Waals surface area contributed by atoms with Gasteiger partial charge in [0, 0.05) is 65.9 Å². The summed E-state index contributed by atoms with van der Waals surface area (Å²) in [5.74, 6) is 0.109. The van der Waals surface area contributed by atoms with Crippen LogP contribution >= 0.6 is 0 Å². The number of amides is 1. The number of hydrogen-bond acceptors (Lipinski definition) is 4. The second kappa shape index (κ2) is 10.2. The predicted octanol–water partition coefficient (Wildman–Crippen LogP) is 1.31. The molecule has 5 nitrogen and oxygen atoms in total. The molecule has 1 aromatic carbocycles. The minimum atomic E-state index is 0. The van der Waals surface area contributed by atoms with Gasteiger partial charge in [-0.3, -0.25) is 16.7 Å². The third kappa shape index (κ3) is 6.25. The van der Waals surface area contributed by atoms with E-state index in [1.807, 2.05) is 23.1 Å². The van der Waals surface area contributed by atoms with Crippen molar-refractivity contribution in [3.8, 4) is 0 Å². The average molecular weight is 375 g/mol. The number of hydrogen-bond donors (Lipinski definition) is 1. The molecule has 1 aromatic rings. The predicted molar refractivity (Wildman–Crippen MR) is 84.4 cm³/mol. The molecule has 1 radical (unpaired) electrons. The van der Waals surface area contributed by atoms with E-state index < -0.39 is 0 Å². The van der Waals surface area contributed by atoms with E-state index in [9.17, 15) is 4.79 Å². The number of nitrogens with zero attached hydrogens (tertiary/aromatic N) is 3. The minimum absolute atomic E-state index is 0. The van der Waals surface area contributed by atoms with Gasteiger partial charge in [0.05, 0.1) is 0 Å². The molecule has 2 heterocycles. The molecule has 6 heteroatoms. The van der Waals surface area contributed by atoms with E-state index in [4.69, 9.17) is 0 Å². The van der Waals surface area contributed by atoms with Crippen LogP contribution in [0.1, 0.15) is 12.0 Å². The largest absolute Gasteiger partial charge is 0.456 e. The molecule has 1 fully saturated rings. The van der Waals surface area contributed by atoms with Crippen LogP contribution in [0, 0.1) is 7.05 Å². The topological polar surface area (TPSA) is 47.9 Å². The molecule has 0 unspecified atom stereocenters. The molecule has 1 saturated heterocycles. The summed E-state index contributed by atoms with van der Waals surface area (Å²) in [5, 5.41) is 2.61. The molecule has 117 valence electrons. The zero-order chi connectivity index (χ0) is 15.1. The first kappa shape index (κ1) is 19.4. The van der Waals surface area contributed by atoms with Gasteiger partial charge in [0.2, 0.25) is 5.91 Å². The molecule has 0 spiro atoms. The first-order chi connectivity index (χ1) is 10.2. The SMILES string of the molecule is [C-]1=Nc2ccccc2C1.[CH2-]N1CCN(CCC(=O)NC)C1.[Y]. The Hall–Kier alpha value is -0.616. The van der Waals surface area contributed by atoms with Crippen LogP contribution in [0.4, 0.5) is 5.69 Å². The van der Waals surface area contributed by atoms with Gasteiger partial charge in [-0.05, 0) is 6.54 Å². The quantitative estimate of drug-likeness (QED) is 0.811. The van der Waals surface area contributed by atoms with Crippen LogP contribution in [-0.2, 0) is 43.9 Å². The number of para-hydroxylation sites is 1. The zero-order valence-electron chi connectivity index (χ0n) is 13.1. The van der Waals surface area contributed by atoms with Crippen LogP contribution in [0.5, 0.6) is 0 Å². The fraction of sp³-hybridized carbons (Fsp3) is 0.438. The first-order valence-corrected chi connectivity index (χ1v) is 7.19. The summed E-state index contributed by atoms with van der Waals surface area (Å²) in [7, 11) is 5.49. The van der Waals surface area contributed by atoms with Gasteiger partial charge in [-0.15, -0.1) is 11.6 Å². The molecule has 0 atom stereocenters.